The van der Waals surface area contributed by atoms with Crippen LogP contribution in [0.2, 0.25) is 5.02 Å². The summed E-state index contributed by atoms with van der Waals surface area (Å²) in [6, 6.07) is 7.78. The summed E-state index contributed by atoms with van der Waals surface area (Å²) in [6.07, 6.45) is 0.920. The SMILES string of the molecule is FC(F)(F)c1cc(NC(=S)N(Cc2ccncc2)C2CC2)ccc1Cl. The Morgan fingerprint density at radius 1 is 1.24 bits per heavy atom. The van der Waals surface area contributed by atoms with Crippen LogP contribution in [0, 0.1) is 0 Å². The third-order valence-electron chi connectivity index (χ3n) is 3.87. The van der Waals surface area contributed by atoms with Gasteiger partial charge in [-0.3, -0.25) is 4.98 Å². The van der Waals surface area contributed by atoms with Crippen LogP contribution >= 0.6 is 23.8 Å². The fourth-order valence-corrected chi connectivity index (χ4v) is 3.01. The minimum atomic E-state index is -4.51. The van der Waals surface area contributed by atoms with Gasteiger partial charge in [0.1, 0.15) is 0 Å². The Balaban J connectivity index is 1.76. The van der Waals surface area contributed by atoms with Gasteiger partial charge in [-0.2, -0.15) is 13.2 Å². The summed E-state index contributed by atoms with van der Waals surface area (Å²) < 4.78 is 39.0. The van der Waals surface area contributed by atoms with Gasteiger partial charge >= 0.3 is 6.18 Å². The van der Waals surface area contributed by atoms with Gasteiger partial charge in [-0.1, -0.05) is 11.6 Å². The van der Waals surface area contributed by atoms with Crippen molar-refractivity contribution in [3.8, 4) is 0 Å². The normalized spacial score (nSPS) is 14.2. The van der Waals surface area contributed by atoms with Crippen LogP contribution in [-0.2, 0) is 12.7 Å². The van der Waals surface area contributed by atoms with Crippen molar-refractivity contribution >= 4 is 34.6 Å². The zero-order chi connectivity index (χ0) is 18.0. The summed E-state index contributed by atoms with van der Waals surface area (Å²) >= 11 is 11.1. The first-order valence-corrected chi connectivity index (χ1v) is 8.46. The molecule has 0 radical (unpaired) electrons. The number of halogens is 4. The molecule has 132 valence electrons. The van der Waals surface area contributed by atoms with Crippen molar-refractivity contribution in [1.82, 2.24) is 9.88 Å². The molecule has 0 spiro atoms. The van der Waals surface area contributed by atoms with Crippen molar-refractivity contribution in [3.05, 3.63) is 58.9 Å². The molecule has 0 unspecified atom stereocenters. The fourth-order valence-electron chi connectivity index (χ4n) is 2.45. The van der Waals surface area contributed by atoms with E-state index >= 15 is 0 Å². The van der Waals surface area contributed by atoms with E-state index in [1.807, 2.05) is 17.0 Å². The number of nitrogens with zero attached hydrogens (tertiary/aromatic N) is 2. The number of pyridine rings is 1. The molecule has 25 heavy (non-hydrogen) atoms. The van der Waals surface area contributed by atoms with Crippen molar-refractivity contribution < 1.29 is 13.2 Å². The van der Waals surface area contributed by atoms with Crippen molar-refractivity contribution in [2.45, 2.75) is 31.6 Å². The van der Waals surface area contributed by atoms with Crippen molar-refractivity contribution in [1.29, 1.82) is 0 Å². The topological polar surface area (TPSA) is 28.2 Å². The molecule has 1 N–H and O–H groups in total. The molecule has 3 nitrogen and oxygen atoms in total. The van der Waals surface area contributed by atoms with Crippen LogP contribution in [0.15, 0.2) is 42.7 Å². The zero-order valence-corrected chi connectivity index (χ0v) is 14.6. The van der Waals surface area contributed by atoms with E-state index < -0.39 is 11.7 Å². The first-order valence-electron chi connectivity index (χ1n) is 7.68. The van der Waals surface area contributed by atoms with E-state index in [2.05, 4.69) is 10.3 Å². The van der Waals surface area contributed by atoms with Gasteiger partial charge in [0.15, 0.2) is 5.11 Å². The van der Waals surface area contributed by atoms with Gasteiger partial charge in [-0.25, -0.2) is 0 Å². The second kappa shape index (κ2) is 7.17. The molecule has 3 rings (SSSR count). The molecular weight excluding hydrogens is 371 g/mol. The molecule has 0 bridgehead atoms. The third kappa shape index (κ3) is 4.61. The number of thiocarbonyl (C=S) groups is 1. The summed E-state index contributed by atoms with van der Waals surface area (Å²) in [7, 11) is 0. The van der Waals surface area contributed by atoms with Crippen LogP contribution in [0.1, 0.15) is 24.0 Å². The molecule has 1 aliphatic carbocycles. The van der Waals surface area contributed by atoms with Crippen molar-refractivity contribution in [2.24, 2.45) is 0 Å². The maximum absolute atomic E-state index is 13.0. The number of nitrogens with one attached hydrogen (secondary N) is 1. The highest BCUT2D eigenvalue weighted by Gasteiger charge is 2.34. The summed E-state index contributed by atoms with van der Waals surface area (Å²) in [5.41, 5.74) is 0.425. The lowest BCUT2D eigenvalue weighted by Gasteiger charge is -2.26. The Morgan fingerprint density at radius 3 is 2.52 bits per heavy atom. The second-order valence-electron chi connectivity index (χ2n) is 5.84. The van der Waals surface area contributed by atoms with Gasteiger partial charge < -0.3 is 10.2 Å². The Bertz CT molecular complexity index is 763. The lowest BCUT2D eigenvalue weighted by molar-refractivity contribution is -0.137. The average Bonchev–Trinajstić information content (AvgIpc) is 3.39. The van der Waals surface area contributed by atoms with E-state index in [4.69, 9.17) is 23.8 Å². The van der Waals surface area contributed by atoms with Crippen LogP contribution in [0.4, 0.5) is 18.9 Å². The number of benzene rings is 1. The maximum Gasteiger partial charge on any atom is 0.417 e. The molecule has 0 aliphatic heterocycles. The molecule has 1 aromatic heterocycles. The standard InChI is InChI=1S/C17H15ClF3N3S/c18-15-4-1-12(9-14(15)17(19,20)21)23-16(25)24(13-2-3-13)10-11-5-7-22-8-6-11/h1,4-9,13H,2-3,10H2,(H,23,25). The number of alkyl halides is 3. The van der Waals surface area contributed by atoms with Crippen LogP contribution in [-0.4, -0.2) is 21.0 Å². The van der Waals surface area contributed by atoms with Crippen LogP contribution < -0.4 is 5.32 Å². The minimum Gasteiger partial charge on any atom is -0.342 e. The molecule has 0 atom stereocenters. The zero-order valence-electron chi connectivity index (χ0n) is 13.1. The van der Waals surface area contributed by atoms with E-state index in [1.165, 1.54) is 12.1 Å². The fraction of sp³-hybridized carbons (Fsp3) is 0.294. The molecule has 1 aromatic carbocycles. The highest BCUT2D eigenvalue weighted by atomic mass is 35.5. The first-order chi connectivity index (χ1) is 11.8. The first kappa shape index (κ1) is 17.9. The van der Waals surface area contributed by atoms with E-state index in [0.29, 0.717) is 17.7 Å². The maximum atomic E-state index is 13.0. The Morgan fingerprint density at radius 2 is 1.92 bits per heavy atom. The molecule has 1 fully saturated rings. The summed E-state index contributed by atoms with van der Waals surface area (Å²) in [6.45, 7) is 0.582. The Kier molecular flexibility index (Phi) is 5.15. The summed E-state index contributed by atoms with van der Waals surface area (Å²) in [5.74, 6) is 0. The monoisotopic (exact) mass is 385 g/mol. The third-order valence-corrected chi connectivity index (χ3v) is 4.54. The van der Waals surface area contributed by atoms with Gasteiger partial charge in [-0.15, -0.1) is 0 Å². The molecular formula is C17H15ClF3N3S. The van der Waals surface area contributed by atoms with E-state index in [9.17, 15) is 13.2 Å². The Labute approximate surface area is 153 Å². The van der Waals surface area contributed by atoms with Gasteiger partial charge in [0.2, 0.25) is 0 Å². The van der Waals surface area contributed by atoms with Crippen LogP contribution in [0.25, 0.3) is 0 Å². The highest BCUT2D eigenvalue weighted by molar-refractivity contribution is 7.80. The van der Waals surface area contributed by atoms with Crippen molar-refractivity contribution in [2.75, 3.05) is 5.32 Å². The van der Waals surface area contributed by atoms with E-state index in [0.717, 1.165) is 24.5 Å². The number of hydrogen-bond donors (Lipinski definition) is 1. The predicted octanol–water partition coefficient (Wildman–Crippen LogP) is 5.12. The lowest BCUT2D eigenvalue weighted by Crippen LogP contribution is -2.36. The number of anilines is 1. The molecule has 1 saturated carbocycles. The predicted molar refractivity (Wildman–Crippen MR) is 95.5 cm³/mol. The van der Waals surface area contributed by atoms with Gasteiger partial charge in [0, 0.05) is 30.7 Å². The lowest BCUT2D eigenvalue weighted by atomic mass is 10.2. The molecule has 1 aliphatic rings. The second-order valence-corrected chi connectivity index (χ2v) is 6.63. The Hall–Kier alpha value is -1.86. The average molecular weight is 386 g/mol. The summed E-state index contributed by atoms with van der Waals surface area (Å²) in [4.78, 5) is 5.97. The molecule has 0 saturated heterocycles. The molecule has 8 heteroatoms. The van der Waals surface area contributed by atoms with Gasteiger partial charge in [-0.05, 0) is 61.0 Å². The molecule has 1 heterocycles. The van der Waals surface area contributed by atoms with Gasteiger partial charge in [0.05, 0.1) is 10.6 Å². The van der Waals surface area contributed by atoms with Crippen LogP contribution in [0.5, 0.6) is 0 Å². The van der Waals surface area contributed by atoms with Crippen LogP contribution in [0.3, 0.4) is 0 Å². The summed E-state index contributed by atoms with van der Waals surface area (Å²) in [5, 5.41) is 2.97. The van der Waals surface area contributed by atoms with E-state index in [1.54, 1.807) is 12.4 Å². The largest absolute Gasteiger partial charge is 0.417 e. The molecule has 2 aromatic rings. The van der Waals surface area contributed by atoms with E-state index in [-0.39, 0.29) is 10.7 Å². The quantitative estimate of drug-likeness (QED) is 0.740. The molecule has 0 amide bonds. The van der Waals surface area contributed by atoms with Gasteiger partial charge in [0.25, 0.3) is 0 Å². The smallest absolute Gasteiger partial charge is 0.342 e. The number of rotatable bonds is 4. The minimum absolute atomic E-state index is 0.266. The number of hydrogen-bond acceptors (Lipinski definition) is 2. The number of aromatic nitrogens is 1. The van der Waals surface area contributed by atoms with Crippen molar-refractivity contribution in [3.63, 3.8) is 0 Å². The highest BCUT2D eigenvalue weighted by Crippen LogP contribution is 2.36.